The number of nitrogens with zero attached hydrogens (tertiary/aromatic N) is 3. The monoisotopic (exact) mass is 392 g/mol. The fourth-order valence-electron chi connectivity index (χ4n) is 2.62. The number of ether oxygens (including phenoxy) is 1. The molecule has 0 spiro atoms. The summed E-state index contributed by atoms with van der Waals surface area (Å²) in [5.74, 6) is 0.477. The Morgan fingerprint density at radius 3 is 2.65 bits per heavy atom. The number of rotatable bonds is 6. The van der Waals surface area contributed by atoms with Crippen LogP contribution < -0.4 is 9.46 Å². The van der Waals surface area contributed by atoms with Crippen LogP contribution in [0.15, 0.2) is 35.5 Å². The molecule has 0 aliphatic rings. The maximum atomic E-state index is 12.6. The third-order valence-corrected chi connectivity index (χ3v) is 6.39. The molecule has 3 aromatic rings. The van der Waals surface area contributed by atoms with E-state index in [9.17, 15) is 8.42 Å². The summed E-state index contributed by atoms with van der Waals surface area (Å²) in [4.78, 5) is 5.38. The average molecular weight is 393 g/mol. The first-order valence-corrected chi connectivity index (χ1v) is 10.2. The number of methoxy groups -OCH3 is 1. The minimum absolute atomic E-state index is 0.154. The van der Waals surface area contributed by atoms with Crippen LogP contribution in [0.2, 0.25) is 0 Å². The van der Waals surface area contributed by atoms with E-state index in [1.807, 2.05) is 27.1 Å². The summed E-state index contributed by atoms with van der Waals surface area (Å²) in [6, 6.07) is 4.82. The maximum Gasteiger partial charge on any atom is 0.241 e. The van der Waals surface area contributed by atoms with E-state index in [4.69, 9.17) is 4.74 Å². The number of sulfonamides is 1. The van der Waals surface area contributed by atoms with E-state index in [0.29, 0.717) is 5.75 Å². The van der Waals surface area contributed by atoms with Gasteiger partial charge in [0.05, 0.1) is 28.9 Å². The summed E-state index contributed by atoms with van der Waals surface area (Å²) in [6.45, 7) is 3.99. The van der Waals surface area contributed by atoms with Crippen LogP contribution in [0.25, 0.3) is 11.1 Å². The highest BCUT2D eigenvalue weighted by atomic mass is 32.2. The van der Waals surface area contributed by atoms with Crippen LogP contribution in [0.1, 0.15) is 15.6 Å². The minimum atomic E-state index is -3.66. The number of aromatic nitrogens is 3. The van der Waals surface area contributed by atoms with Gasteiger partial charge in [0.1, 0.15) is 5.75 Å². The summed E-state index contributed by atoms with van der Waals surface area (Å²) in [5.41, 5.74) is 2.49. The number of hydrogen-bond donors (Lipinski definition) is 1. The Morgan fingerprint density at radius 2 is 2.08 bits per heavy atom. The number of benzene rings is 1. The van der Waals surface area contributed by atoms with Gasteiger partial charge in [-0.15, -0.1) is 11.3 Å². The second-order valence-electron chi connectivity index (χ2n) is 5.83. The van der Waals surface area contributed by atoms with Gasteiger partial charge in [0, 0.05) is 41.9 Å². The molecule has 0 aliphatic heterocycles. The molecule has 0 fully saturated rings. The van der Waals surface area contributed by atoms with E-state index in [1.165, 1.54) is 24.5 Å². The zero-order valence-corrected chi connectivity index (χ0v) is 16.6. The van der Waals surface area contributed by atoms with Crippen molar-refractivity contribution < 1.29 is 13.2 Å². The molecule has 26 heavy (non-hydrogen) atoms. The molecule has 0 atom stereocenters. The summed E-state index contributed by atoms with van der Waals surface area (Å²) >= 11 is 1.49. The third-order valence-electron chi connectivity index (χ3n) is 3.92. The zero-order valence-electron chi connectivity index (χ0n) is 15.0. The van der Waals surface area contributed by atoms with Crippen LogP contribution in [-0.4, -0.2) is 30.3 Å². The fourth-order valence-corrected chi connectivity index (χ4v) is 4.60. The molecular formula is C17H20N4O3S2. The van der Waals surface area contributed by atoms with Crippen molar-refractivity contribution >= 4 is 21.4 Å². The first kappa shape index (κ1) is 18.6. The molecule has 0 radical (unpaired) electrons. The number of nitrogens with one attached hydrogen (secondary N) is 1. The fraction of sp³-hybridized carbons (Fsp3) is 0.294. The Kier molecular flexibility index (Phi) is 5.12. The van der Waals surface area contributed by atoms with Gasteiger partial charge in [-0.05, 0) is 26.0 Å². The smallest absolute Gasteiger partial charge is 0.241 e. The molecular weight excluding hydrogens is 372 g/mol. The van der Waals surface area contributed by atoms with Gasteiger partial charge in [0.2, 0.25) is 10.0 Å². The molecule has 0 amide bonds. The first-order valence-electron chi connectivity index (χ1n) is 7.90. The van der Waals surface area contributed by atoms with Gasteiger partial charge in [0.25, 0.3) is 0 Å². The molecule has 2 aromatic heterocycles. The van der Waals surface area contributed by atoms with Crippen molar-refractivity contribution in [1.82, 2.24) is 19.5 Å². The Labute approximate surface area is 156 Å². The van der Waals surface area contributed by atoms with Gasteiger partial charge in [0.15, 0.2) is 0 Å². The van der Waals surface area contributed by atoms with Crippen molar-refractivity contribution in [1.29, 1.82) is 0 Å². The molecule has 9 heteroatoms. The van der Waals surface area contributed by atoms with Crippen LogP contribution in [0.3, 0.4) is 0 Å². The highest BCUT2D eigenvalue weighted by Gasteiger charge is 2.18. The average Bonchev–Trinajstić information content (AvgIpc) is 3.17. The summed E-state index contributed by atoms with van der Waals surface area (Å²) in [7, 11) is -0.327. The lowest BCUT2D eigenvalue weighted by Gasteiger charge is -2.11. The van der Waals surface area contributed by atoms with E-state index < -0.39 is 10.0 Å². The van der Waals surface area contributed by atoms with Gasteiger partial charge < -0.3 is 4.74 Å². The largest absolute Gasteiger partial charge is 0.496 e. The molecule has 1 N–H and O–H groups in total. The summed E-state index contributed by atoms with van der Waals surface area (Å²) in [6.07, 6.45) is 3.55. The van der Waals surface area contributed by atoms with E-state index >= 15 is 0 Å². The first-order chi connectivity index (χ1) is 12.3. The van der Waals surface area contributed by atoms with E-state index in [-0.39, 0.29) is 11.4 Å². The molecule has 0 saturated heterocycles. The Balaban J connectivity index is 1.86. The molecule has 7 nitrogen and oxygen atoms in total. The summed E-state index contributed by atoms with van der Waals surface area (Å²) in [5, 5.41) is 5.05. The SMILES string of the molecule is COc1cc(S(=O)(=O)NCc2sc(C)nc2C)ccc1-c1cnn(C)c1. The standard InChI is InChI=1S/C17H20N4O3S2/c1-11-17(25-12(2)20-11)9-19-26(22,23)14-5-6-15(16(7-14)24-4)13-8-18-21(3)10-13/h5-8,10,19H,9H2,1-4H3. The Hall–Kier alpha value is -2.23. The lowest BCUT2D eigenvalue weighted by Crippen LogP contribution is -2.23. The van der Waals surface area contributed by atoms with Crippen LogP contribution >= 0.6 is 11.3 Å². The molecule has 1 aromatic carbocycles. The topological polar surface area (TPSA) is 86.1 Å². The molecule has 0 aliphatic carbocycles. The van der Waals surface area contributed by atoms with E-state index in [2.05, 4.69) is 14.8 Å². The van der Waals surface area contributed by atoms with Gasteiger partial charge in [-0.1, -0.05) is 0 Å². The highest BCUT2D eigenvalue weighted by Crippen LogP contribution is 2.32. The van der Waals surface area contributed by atoms with Crippen molar-refractivity contribution in [3.05, 3.63) is 46.2 Å². The molecule has 0 saturated carbocycles. The predicted molar refractivity (Wildman–Crippen MR) is 101 cm³/mol. The lowest BCUT2D eigenvalue weighted by atomic mass is 10.1. The van der Waals surface area contributed by atoms with Crippen molar-refractivity contribution in [2.24, 2.45) is 7.05 Å². The number of hydrogen-bond acceptors (Lipinski definition) is 6. The van der Waals surface area contributed by atoms with Crippen LogP contribution in [-0.2, 0) is 23.6 Å². The molecule has 3 rings (SSSR count). The summed E-state index contributed by atoms with van der Waals surface area (Å²) < 4.78 is 35.0. The second-order valence-corrected chi connectivity index (χ2v) is 8.89. The van der Waals surface area contributed by atoms with Crippen LogP contribution in [0.4, 0.5) is 0 Å². The van der Waals surface area contributed by atoms with Gasteiger partial charge in [-0.3, -0.25) is 4.68 Å². The predicted octanol–water partition coefficient (Wildman–Crippen LogP) is 2.65. The van der Waals surface area contributed by atoms with Gasteiger partial charge >= 0.3 is 0 Å². The Bertz CT molecular complexity index is 1040. The van der Waals surface area contributed by atoms with Crippen molar-refractivity contribution in [3.63, 3.8) is 0 Å². The van der Waals surface area contributed by atoms with Crippen molar-refractivity contribution in [3.8, 4) is 16.9 Å². The molecule has 2 heterocycles. The zero-order chi connectivity index (χ0) is 18.9. The lowest BCUT2D eigenvalue weighted by molar-refractivity contribution is 0.415. The van der Waals surface area contributed by atoms with E-state index in [0.717, 1.165) is 26.7 Å². The van der Waals surface area contributed by atoms with Crippen molar-refractivity contribution in [2.75, 3.05) is 7.11 Å². The third kappa shape index (κ3) is 3.79. The highest BCUT2D eigenvalue weighted by molar-refractivity contribution is 7.89. The Morgan fingerprint density at radius 1 is 1.31 bits per heavy atom. The minimum Gasteiger partial charge on any atom is -0.496 e. The number of thiazole rings is 1. The van der Waals surface area contributed by atoms with Crippen LogP contribution in [0, 0.1) is 13.8 Å². The molecule has 0 bridgehead atoms. The molecule has 138 valence electrons. The second kappa shape index (κ2) is 7.18. The van der Waals surface area contributed by atoms with Gasteiger partial charge in [-0.2, -0.15) is 5.10 Å². The molecule has 0 unspecified atom stereocenters. The van der Waals surface area contributed by atoms with Crippen LogP contribution in [0.5, 0.6) is 5.75 Å². The maximum absolute atomic E-state index is 12.6. The van der Waals surface area contributed by atoms with Crippen molar-refractivity contribution in [2.45, 2.75) is 25.3 Å². The number of aryl methyl sites for hydroxylation is 3. The van der Waals surface area contributed by atoms with Gasteiger partial charge in [-0.25, -0.2) is 18.1 Å². The quantitative estimate of drug-likeness (QED) is 0.697. The normalized spacial score (nSPS) is 11.7. The van der Waals surface area contributed by atoms with E-state index in [1.54, 1.807) is 23.0 Å².